The summed E-state index contributed by atoms with van der Waals surface area (Å²) < 4.78 is 33.1. The number of anilines is 1. The highest BCUT2D eigenvalue weighted by Crippen LogP contribution is 2.55. The van der Waals surface area contributed by atoms with E-state index in [1.165, 1.54) is 28.8 Å². The number of ether oxygens (including phenoxy) is 1. The molecule has 5 rings (SSSR count). The molecule has 2 aliphatic rings. The Balaban J connectivity index is 1.58. The summed E-state index contributed by atoms with van der Waals surface area (Å²) in [6.07, 6.45) is 0. The number of fused-ring (bicyclic) bond motifs is 2. The van der Waals surface area contributed by atoms with Crippen molar-refractivity contribution in [1.82, 2.24) is 4.90 Å². The molecule has 3 aromatic rings. The molecule has 5 nitrogen and oxygen atoms in total. The van der Waals surface area contributed by atoms with Crippen LogP contribution in [0.5, 0.6) is 5.75 Å². The fourth-order valence-corrected chi connectivity index (χ4v) is 6.05. The third kappa shape index (κ3) is 3.44. The molecule has 0 aliphatic carbocycles. The number of rotatable bonds is 4. The highest BCUT2D eigenvalue weighted by atomic mass is 32.2. The fourth-order valence-electron chi connectivity index (χ4n) is 4.60. The first-order valence-corrected chi connectivity index (χ1v) is 11.8. The second-order valence-corrected chi connectivity index (χ2v) is 9.61. The van der Waals surface area contributed by atoms with Crippen LogP contribution in [0.1, 0.15) is 27.0 Å². The van der Waals surface area contributed by atoms with Crippen molar-refractivity contribution in [3.8, 4) is 5.75 Å². The van der Waals surface area contributed by atoms with E-state index in [0.29, 0.717) is 34.9 Å². The van der Waals surface area contributed by atoms with Gasteiger partial charge in [0, 0.05) is 35.1 Å². The zero-order valence-corrected chi connectivity index (χ0v) is 19.5. The molecule has 2 amide bonds. The predicted octanol–water partition coefficient (Wildman–Crippen LogP) is 4.87. The Hall–Kier alpha value is -3.39. The Labute approximate surface area is 200 Å². The van der Waals surface area contributed by atoms with Crippen LogP contribution in [0.4, 0.5) is 14.5 Å². The minimum absolute atomic E-state index is 0.0616. The van der Waals surface area contributed by atoms with E-state index in [1.54, 1.807) is 36.3 Å². The first-order chi connectivity index (χ1) is 16.3. The Bertz CT molecular complexity index is 1300. The highest BCUT2D eigenvalue weighted by molar-refractivity contribution is 8.01. The second-order valence-electron chi connectivity index (χ2n) is 8.33. The number of carbonyl (C=O) groups excluding carboxylic acids is 2. The van der Waals surface area contributed by atoms with Crippen molar-refractivity contribution in [1.29, 1.82) is 0 Å². The molecule has 2 heterocycles. The zero-order valence-electron chi connectivity index (χ0n) is 18.7. The quantitative estimate of drug-likeness (QED) is 0.535. The smallest absolute Gasteiger partial charge is 0.268 e. The Morgan fingerprint density at radius 3 is 2.56 bits per heavy atom. The summed E-state index contributed by atoms with van der Waals surface area (Å²) in [5.74, 6) is -0.742. The number of benzene rings is 3. The van der Waals surface area contributed by atoms with E-state index in [9.17, 15) is 18.4 Å². The van der Waals surface area contributed by atoms with Crippen molar-refractivity contribution < 1.29 is 23.1 Å². The number of carbonyl (C=O) groups is 2. The summed E-state index contributed by atoms with van der Waals surface area (Å²) in [5.41, 5.74) is 2.94. The first kappa shape index (κ1) is 22.4. The van der Waals surface area contributed by atoms with Gasteiger partial charge in [-0.1, -0.05) is 23.8 Å². The predicted molar refractivity (Wildman–Crippen MR) is 127 cm³/mol. The van der Waals surface area contributed by atoms with Gasteiger partial charge in [-0.15, -0.1) is 11.8 Å². The summed E-state index contributed by atoms with van der Waals surface area (Å²) in [6.45, 7) is 2.26. The van der Waals surface area contributed by atoms with Crippen LogP contribution in [0.25, 0.3) is 0 Å². The Morgan fingerprint density at radius 2 is 1.85 bits per heavy atom. The number of methoxy groups -OCH3 is 1. The molecule has 0 N–H and O–H groups in total. The van der Waals surface area contributed by atoms with Crippen molar-refractivity contribution in [3.63, 3.8) is 0 Å². The van der Waals surface area contributed by atoms with Crippen LogP contribution in [0.15, 0.2) is 60.7 Å². The molecule has 1 spiro atoms. The molecule has 34 heavy (non-hydrogen) atoms. The maximum atomic E-state index is 14.5. The number of nitrogens with zero attached hydrogens (tertiary/aromatic N) is 2. The van der Waals surface area contributed by atoms with E-state index in [4.69, 9.17) is 4.74 Å². The molecule has 3 aromatic carbocycles. The molecule has 0 aromatic heterocycles. The lowest BCUT2D eigenvalue weighted by Gasteiger charge is -2.33. The van der Waals surface area contributed by atoms with Crippen molar-refractivity contribution in [3.05, 3.63) is 94.6 Å². The van der Waals surface area contributed by atoms with Gasteiger partial charge in [0.05, 0.1) is 19.3 Å². The van der Waals surface area contributed by atoms with E-state index in [1.807, 2.05) is 25.1 Å². The van der Waals surface area contributed by atoms with Crippen molar-refractivity contribution in [2.45, 2.75) is 18.3 Å². The molecular weight excluding hydrogens is 458 g/mol. The van der Waals surface area contributed by atoms with Crippen LogP contribution < -0.4 is 9.64 Å². The summed E-state index contributed by atoms with van der Waals surface area (Å²) >= 11 is 1.41. The van der Waals surface area contributed by atoms with Crippen LogP contribution in [-0.4, -0.2) is 36.1 Å². The van der Waals surface area contributed by atoms with Gasteiger partial charge in [0.15, 0.2) is 4.87 Å². The number of thioether (sulfide) groups is 1. The van der Waals surface area contributed by atoms with Gasteiger partial charge in [-0.3, -0.25) is 9.59 Å². The molecule has 0 saturated carbocycles. The van der Waals surface area contributed by atoms with Gasteiger partial charge < -0.3 is 14.5 Å². The monoisotopic (exact) mass is 480 g/mol. The number of halogens is 2. The number of amides is 2. The van der Waals surface area contributed by atoms with E-state index in [0.717, 1.165) is 11.6 Å². The standard InChI is InChI=1S/C26H22F2N2O3S/c1-16-3-10-23-21(13-16)26(25(32)29(23)15-18-4-7-19(27)14-22(18)28)30(11-12-34-26)24(31)17-5-8-20(33-2)9-6-17/h3-10,13-14H,11-12,15H2,1-2H3. The van der Waals surface area contributed by atoms with Crippen molar-refractivity contribution in [2.24, 2.45) is 0 Å². The van der Waals surface area contributed by atoms with Gasteiger partial charge in [-0.2, -0.15) is 0 Å². The first-order valence-electron chi connectivity index (χ1n) is 10.8. The van der Waals surface area contributed by atoms with E-state index >= 15 is 0 Å². The molecule has 8 heteroatoms. The topological polar surface area (TPSA) is 49.9 Å². The third-order valence-corrected chi connectivity index (χ3v) is 7.69. The van der Waals surface area contributed by atoms with Gasteiger partial charge in [-0.05, 0) is 43.3 Å². The van der Waals surface area contributed by atoms with E-state index < -0.39 is 16.5 Å². The molecule has 174 valence electrons. The fraction of sp³-hybridized carbons (Fsp3) is 0.231. The van der Waals surface area contributed by atoms with Gasteiger partial charge in [0.1, 0.15) is 17.4 Å². The number of hydrogen-bond donors (Lipinski definition) is 0. The number of hydrogen-bond acceptors (Lipinski definition) is 4. The SMILES string of the molecule is COc1ccc(C(=O)N2CCSC23C(=O)N(Cc2ccc(F)cc2F)c2ccc(C)cc23)cc1. The average molecular weight is 481 g/mol. The third-order valence-electron chi connectivity index (χ3n) is 6.27. The van der Waals surface area contributed by atoms with Gasteiger partial charge in [-0.25, -0.2) is 8.78 Å². The van der Waals surface area contributed by atoms with Gasteiger partial charge >= 0.3 is 0 Å². The van der Waals surface area contributed by atoms with E-state index in [2.05, 4.69) is 0 Å². The van der Waals surface area contributed by atoms with E-state index in [-0.39, 0.29) is 23.9 Å². The minimum Gasteiger partial charge on any atom is -0.497 e. The van der Waals surface area contributed by atoms with Gasteiger partial charge in [0.2, 0.25) is 0 Å². The molecule has 1 unspecified atom stereocenters. The molecule has 1 atom stereocenters. The lowest BCUT2D eigenvalue weighted by Crippen LogP contribution is -2.50. The second kappa shape index (κ2) is 8.43. The molecule has 2 aliphatic heterocycles. The molecule has 1 fully saturated rings. The van der Waals surface area contributed by atoms with Crippen LogP contribution in [-0.2, 0) is 16.2 Å². The Morgan fingerprint density at radius 1 is 1.09 bits per heavy atom. The highest BCUT2D eigenvalue weighted by Gasteiger charge is 2.59. The molecule has 1 saturated heterocycles. The van der Waals surface area contributed by atoms with Crippen LogP contribution in [0.3, 0.4) is 0 Å². The maximum absolute atomic E-state index is 14.5. The summed E-state index contributed by atoms with van der Waals surface area (Å²) in [7, 11) is 1.55. The molecule has 0 bridgehead atoms. The number of aryl methyl sites for hydroxylation is 1. The average Bonchev–Trinajstić information content (AvgIpc) is 3.37. The maximum Gasteiger partial charge on any atom is 0.268 e. The van der Waals surface area contributed by atoms with Crippen LogP contribution in [0.2, 0.25) is 0 Å². The summed E-state index contributed by atoms with van der Waals surface area (Å²) in [4.78, 5) is 29.5. The van der Waals surface area contributed by atoms with Gasteiger partial charge in [0.25, 0.3) is 11.8 Å². The molecule has 0 radical (unpaired) electrons. The normalized spacial score (nSPS) is 19.1. The van der Waals surface area contributed by atoms with Crippen LogP contribution in [0, 0.1) is 18.6 Å². The molecular formula is C26H22F2N2O3S. The van der Waals surface area contributed by atoms with Crippen molar-refractivity contribution in [2.75, 3.05) is 24.3 Å². The summed E-state index contributed by atoms with van der Waals surface area (Å²) in [6, 6.07) is 15.7. The van der Waals surface area contributed by atoms with Crippen molar-refractivity contribution >= 4 is 29.3 Å². The lowest BCUT2D eigenvalue weighted by atomic mass is 10.0. The summed E-state index contributed by atoms with van der Waals surface area (Å²) in [5, 5.41) is 0. The zero-order chi connectivity index (χ0) is 24.0. The Kier molecular flexibility index (Phi) is 5.56. The largest absolute Gasteiger partial charge is 0.497 e. The minimum atomic E-state index is -1.24. The van der Waals surface area contributed by atoms with Crippen LogP contribution >= 0.6 is 11.8 Å². The lowest BCUT2D eigenvalue weighted by molar-refractivity contribution is -0.123.